The summed E-state index contributed by atoms with van der Waals surface area (Å²) >= 11 is 12.3. The number of hydrogen-bond donors (Lipinski definition) is 1. The molecule has 1 N–H and O–H groups in total. The molecule has 0 fully saturated rings. The second kappa shape index (κ2) is 15.4. The minimum absolute atomic E-state index is 0.0414. The molecule has 45 heavy (non-hydrogen) atoms. The lowest BCUT2D eigenvalue weighted by molar-refractivity contribution is -0.140. The third-order valence-electron chi connectivity index (χ3n) is 7.21. The summed E-state index contributed by atoms with van der Waals surface area (Å²) in [4.78, 5) is 29.7. The summed E-state index contributed by atoms with van der Waals surface area (Å²) in [7, 11) is -4.25. The molecule has 4 rings (SSSR count). The lowest BCUT2D eigenvalue weighted by atomic mass is 10.0. The quantitative estimate of drug-likeness (QED) is 0.168. The largest absolute Gasteiger partial charge is 0.354 e. The molecule has 2 amide bonds. The molecule has 0 heterocycles. The molecule has 7 nitrogen and oxygen atoms in total. The van der Waals surface area contributed by atoms with Gasteiger partial charge in [0.15, 0.2) is 0 Å². The molecule has 0 spiro atoms. The topological polar surface area (TPSA) is 86.8 Å². The summed E-state index contributed by atoms with van der Waals surface area (Å²) in [5.41, 5.74) is 2.93. The monoisotopic (exact) mass is 665 g/mol. The number of anilines is 1. The molecule has 0 bridgehead atoms. The molecule has 4 aromatic rings. The summed E-state index contributed by atoms with van der Waals surface area (Å²) in [6, 6.07) is 28.3. The van der Waals surface area contributed by atoms with E-state index in [0.717, 1.165) is 21.0 Å². The molecule has 10 heteroatoms. The van der Waals surface area contributed by atoms with Crippen LogP contribution in [-0.4, -0.2) is 44.3 Å². The predicted molar refractivity (Wildman–Crippen MR) is 181 cm³/mol. The third kappa shape index (κ3) is 9.33. The number of carbonyl (C=O) groups is 2. The SMILES string of the molecule is Cc1ccc(CN(C(=O)CN(c2cccc(Cl)c2)S(=O)(=O)c2ccc(Cl)cc2)[C@@H](Cc2ccccc2)C(=O)NCC(C)C)cc1. The van der Waals surface area contributed by atoms with Crippen LogP contribution in [0.5, 0.6) is 0 Å². The normalized spacial score (nSPS) is 12.0. The van der Waals surface area contributed by atoms with Gasteiger partial charge in [0.05, 0.1) is 10.6 Å². The van der Waals surface area contributed by atoms with Crippen molar-refractivity contribution >= 4 is 50.7 Å². The Labute approximate surface area is 275 Å². The van der Waals surface area contributed by atoms with Crippen LogP contribution >= 0.6 is 23.2 Å². The first kappa shape index (κ1) is 34.0. The second-order valence-corrected chi connectivity index (χ2v) is 14.0. The highest BCUT2D eigenvalue weighted by Crippen LogP contribution is 2.28. The van der Waals surface area contributed by atoms with E-state index in [1.165, 1.54) is 35.2 Å². The summed E-state index contributed by atoms with van der Waals surface area (Å²) in [5, 5.41) is 3.67. The second-order valence-electron chi connectivity index (χ2n) is 11.3. The predicted octanol–water partition coefficient (Wildman–Crippen LogP) is 6.91. The summed E-state index contributed by atoms with van der Waals surface area (Å²) in [6.07, 6.45) is 0.240. The maximum atomic E-state index is 14.5. The molecule has 0 aliphatic carbocycles. The van der Waals surface area contributed by atoms with Gasteiger partial charge in [-0.1, -0.05) is 103 Å². The van der Waals surface area contributed by atoms with Gasteiger partial charge >= 0.3 is 0 Å². The van der Waals surface area contributed by atoms with Gasteiger partial charge in [-0.3, -0.25) is 13.9 Å². The van der Waals surface area contributed by atoms with Gasteiger partial charge in [-0.2, -0.15) is 0 Å². The number of benzene rings is 4. The highest BCUT2D eigenvalue weighted by Gasteiger charge is 2.34. The average Bonchev–Trinajstić information content (AvgIpc) is 3.01. The molecule has 1 atom stereocenters. The van der Waals surface area contributed by atoms with E-state index in [0.29, 0.717) is 16.6 Å². The zero-order chi connectivity index (χ0) is 32.6. The van der Waals surface area contributed by atoms with Gasteiger partial charge in [-0.15, -0.1) is 0 Å². The Morgan fingerprint density at radius 3 is 2.09 bits per heavy atom. The Hall–Kier alpha value is -3.85. The first-order chi connectivity index (χ1) is 21.4. The molecule has 0 saturated heterocycles. The Balaban J connectivity index is 1.79. The van der Waals surface area contributed by atoms with Crippen molar-refractivity contribution < 1.29 is 18.0 Å². The van der Waals surface area contributed by atoms with Crippen LogP contribution in [-0.2, 0) is 32.6 Å². The van der Waals surface area contributed by atoms with Crippen molar-refractivity contribution in [2.45, 2.75) is 44.7 Å². The number of halogens is 2. The zero-order valence-corrected chi connectivity index (χ0v) is 27.8. The van der Waals surface area contributed by atoms with Crippen LogP contribution in [0.2, 0.25) is 10.0 Å². The van der Waals surface area contributed by atoms with E-state index >= 15 is 0 Å². The van der Waals surface area contributed by atoms with Crippen molar-refractivity contribution in [3.8, 4) is 0 Å². The number of nitrogens with one attached hydrogen (secondary N) is 1. The van der Waals surface area contributed by atoms with Gasteiger partial charge in [0.25, 0.3) is 10.0 Å². The van der Waals surface area contributed by atoms with Crippen LogP contribution in [0.3, 0.4) is 0 Å². The Bertz CT molecular complexity index is 1700. The lowest BCUT2D eigenvalue weighted by Crippen LogP contribution is -2.53. The van der Waals surface area contributed by atoms with Crippen LogP contribution in [0.25, 0.3) is 0 Å². The van der Waals surface area contributed by atoms with Gasteiger partial charge < -0.3 is 10.2 Å². The maximum Gasteiger partial charge on any atom is 0.264 e. The fourth-order valence-corrected chi connectivity index (χ4v) is 6.48. The Kier molecular flexibility index (Phi) is 11.7. The Morgan fingerprint density at radius 1 is 0.800 bits per heavy atom. The van der Waals surface area contributed by atoms with Crippen molar-refractivity contribution in [3.05, 3.63) is 130 Å². The van der Waals surface area contributed by atoms with Crippen LogP contribution in [0.4, 0.5) is 5.69 Å². The number of rotatable bonds is 13. The van der Waals surface area contributed by atoms with Crippen LogP contribution in [0.1, 0.15) is 30.5 Å². The molecule has 0 unspecified atom stereocenters. The summed E-state index contributed by atoms with van der Waals surface area (Å²) in [6.45, 7) is 5.90. The van der Waals surface area contributed by atoms with Crippen LogP contribution in [0, 0.1) is 12.8 Å². The molecule has 0 aliphatic rings. The average molecular weight is 667 g/mol. The molecular formula is C35H37Cl2N3O4S. The van der Waals surface area contributed by atoms with Gasteiger partial charge in [0.2, 0.25) is 11.8 Å². The van der Waals surface area contributed by atoms with Gasteiger partial charge in [-0.25, -0.2) is 8.42 Å². The standard InChI is InChI=1S/C35H37Cl2N3O4S/c1-25(2)22-38-35(42)33(20-27-8-5-4-6-9-27)39(23-28-14-12-26(3)13-15-28)34(41)24-40(31-11-7-10-30(37)21-31)45(43,44)32-18-16-29(36)17-19-32/h4-19,21,25,33H,20,22-24H2,1-3H3,(H,38,42)/t33-/m0/s1. The van der Waals surface area contributed by atoms with E-state index in [1.54, 1.807) is 18.2 Å². The molecule has 0 aliphatic heterocycles. The van der Waals surface area contributed by atoms with E-state index in [9.17, 15) is 18.0 Å². The molecule has 0 radical (unpaired) electrons. The molecule has 236 valence electrons. The highest BCUT2D eigenvalue weighted by molar-refractivity contribution is 7.92. The number of aryl methyl sites for hydroxylation is 1. The van der Waals surface area contributed by atoms with E-state index in [1.807, 2.05) is 75.4 Å². The van der Waals surface area contributed by atoms with Gasteiger partial charge in [-0.05, 0) is 66.4 Å². The van der Waals surface area contributed by atoms with Crippen molar-refractivity contribution in [2.24, 2.45) is 5.92 Å². The number of amides is 2. The first-order valence-corrected chi connectivity index (χ1v) is 16.8. The van der Waals surface area contributed by atoms with Gasteiger partial charge in [0.1, 0.15) is 12.6 Å². The van der Waals surface area contributed by atoms with Crippen molar-refractivity contribution in [3.63, 3.8) is 0 Å². The number of carbonyl (C=O) groups excluding carboxylic acids is 2. The van der Waals surface area contributed by atoms with E-state index in [2.05, 4.69) is 5.32 Å². The molecular weight excluding hydrogens is 629 g/mol. The Morgan fingerprint density at radius 2 is 1.47 bits per heavy atom. The third-order valence-corrected chi connectivity index (χ3v) is 9.48. The number of nitrogens with zero attached hydrogens (tertiary/aromatic N) is 2. The highest BCUT2D eigenvalue weighted by atomic mass is 35.5. The van der Waals surface area contributed by atoms with Crippen LogP contribution < -0.4 is 9.62 Å². The van der Waals surface area contributed by atoms with Crippen molar-refractivity contribution in [1.29, 1.82) is 0 Å². The van der Waals surface area contributed by atoms with Crippen molar-refractivity contribution in [2.75, 3.05) is 17.4 Å². The molecule has 0 aromatic heterocycles. The smallest absolute Gasteiger partial charge is 0.264 e. The van der Waals surface area contributed by atoms with Crippen LogP contribution in [0.15, 0.2) is 108 Å². The summed E-state index contributed by atoms with van der Waals surface area (Å²) in [5.74, 6) is -0.674. The molecule has 0 saturated carbocycles. The fraction of sp³-hybridized carbons (Fsp3) is 0.257. The van der Waals surface area contributed by atoms with E-state index in [4.69, 9.17) is 23.2 Å². The number of hydrogen-bond acceptors (Lipinski definition) is 4. The lowest BCUT2D eigenvalue weighted by Gasteiger charge is -2.34. The fourth-order valence-electron chi connectivity index (χ4n) is 4.76. The first-order valence-electron chi connectivity index (χ1n) is 14.6. The zero-order valence-electron chi connectivity index (χ0n) is 25.5. The molecule has 4 aromatic carbocycles. The minimum atomic E-state index is -4.25. The minimum Gasteiger partial charge on any atom is -0.354 e. The van der Waals surface area contributed by atoms with Gasteiger partial charge in [0, 0.05) is 29.6 Å². The van der Waals surface area contributed by atoms with E-state index in [-0.39, 0.29) is 35.4 Å². The van der Waals surface area contributed by atoms with Crippen molar-refractivity contribution in [1.82, 2.24) is 10.2 Å². The summed E-state index contributed by atoms with van der Waals surface area (Å²) < 4.78 is 29.2. The van der Waals surface area contributed by atoms with E-state index < -0.39 is 28.5 Å². The number of sulfonamides is 1. The maximum absolute atomic E-state index is 14.5.